The molecule has 0 saturated heterocycles. The summed E-state index contributed by atoms with van der Waals surface area (Å²) in [5.74, 6) is -0.669. The topological polar surface area (TPSA) is 26.3 Å². The first-order valence-corrected chi connectivity index (χ1v) is 8.12. The van der Waals surface area contributed by atoms with Gasteiger partial charge in [0.15, 0.2) is 5.60 Å². The molecule has 1 aromatic carbocycles. The molecule has 22 heavy (non-hydrogen) atoms. The Labute approximate surface area is 133 Å². The molecule has 3 rings (SSSR count). The molecule has 4 heteroatoms. The monoisotopic (exact) mass is 316 g/mol. The van der Waals surface area contributed by atoms with Crippen molar-refractivity contribution in [2.24, 2.45) is 0 Å². The molecular weight excluding hydrogens is 299 g/mol. The molecule has 0 N–H and O–H groups in total. The van der Waals surface area contributed by atoms with Crippen LogP contribution in [0.2, 0.25) is 0 Å². The molecule has 0 saturated carbocycles. The normalized spacial score (nSPS) is 20.3. The Balaban J connectivity index is 2.16. The van der Waals surface area contributed by atoms with E-state index in [2.05, 4.69) is 6.58 Å². The molecule has 1 atom stereocenters. The minimum absolute atomic E-state index is 0.257. The first-order valence-electron chi connectivity index (χ1n) is 7.25. The Hall–Kier alpha value is -1.94. The van der Waals surface area contributed by atoms with Crippen LogP contribution in [0, 0.1) is 5.82 Å². The number of carbonyl (C=O) groups excluding carboxylic acids is 1. The number of thiophene rings is 1. The fourth-order valence-corrected chi connectivity index (χ4v) is 3.90. The molecule has 1 aromatic heterocycles. The van der Waals surface area contributed by atoms with Gasteiger partial charge in [-0.15, -0.1) is 11.3 Å². The highest BCUT2D eigenvalue weighted by atomic mass is 32.1. The molecule has 1 aliphatic carbocycles. The molecule has 1 unspecified atom stereocenters. The summed E-state index contributed by atoms with van der Waals surface area (Å²) in [5, 5.41) is 1.96. The van der Waals surface area contributed by atoms with Crippen LogP contribution < -0.4 is 0 Å². The Morgan fingerprint density at radius 3 is 2.91 bits per heavy atom. The molecule has 0 fully saturated rings. The van der Waals surface area contributed by atoms with Crippen molar-refractivity contribution in [2.45, 2.75) is 31.8 Å². The molecule has 0 spiro atoms. The zero-order valence-electron chi connectivity index (χ0n) is 12.4. The summed E-state index contributed by atoms with van der Waals surface area (Å²) in [6.07, 6.45) is 2.34. The van der Waals surface area contributed by atoms with Crippen LogP contribution in [0.1, 0.15) is 35.8 Å². The lowest BCUT2D eigenvalue weighted by Crippen LogP contribution is -2.37. The van der Waals surface area contributed by atoms with Gasteiger partial charge in [-0.05, 0) is 55.3 Å². The first kappa shape index (κ1) is 15.0. The van der Waals surface area contributed by atoms with Crippen molar-refractivity contribution < 1.29 is 13.9 Å². The predicted molar refractivity (Wildman–Crippen MR) is 85.3 cm³/mol. The SMILES string of the molecule is C=C(C)C(=O)OC1(c2cccs2)CCCc2cc(F)ccc21. The molecule has 1 aliphatic rings. The number of hydrogen-bond acceptors (Lipinski definition) is 3. The van der Waals surface area contributed by atoms with Gasteiger partial charge >= 0.3 is 5.97 Å². The van der Waals surface area contributed by atoms with E-state index in [1.807, 2.05) is 17.5 Å². The number of ether oxygens (including phenoxy) is 1. The lowest BCUT2D eigenvalue weighted by molar-refractivity contribution is -0.152. The largest absolute Gasteiger partial charge is 0.445 e. The maximum atomic E-state index is 13.6. The van der Waals surface area contributed by atoms with Crippen LogP contribution in [-0.2, 0) is 21.6 Å². The third kappa shape index (κ3) is 2.48. The van der Waals surface area contributed by atoms with Crippen molar-refractivity contribution in [3.05, 3.63) is 69.7 Å². The number of benzene rings is 1. The van der Waals surface area contributed by atoms with Crippen molar-refractivity contribution in [2.75, 3.05) is 0 Å². The van der Waals surface area contributed by atoms with Gasteiger partial charge in [0.1, 0.15) is 5.82 Å². The van der Waals surface area contributed by atoms with Crippen molar-refractivity contribution in [3.8, 4) is 0 Å². The third-order valence-corrected chi connectivity index (χ3v) is 5.02. The number of esters is 1. The van der Waals surface area contributed by atoms with Gasteiger partial charge in [-0.1, -0.05) is 18.7 Å². The van der Waals surface area contributed by atoms with Crippen molar-refractivity contribution in [3.63, 3.8) is 0 Å². The molecule has 0 aliphatic heterocycles. The van der Waals surface area contributed by atoms with Crippen LogP contribution in [0.15, 0.2) is 47.9 Å². The van der Waals surface area contributed by atoms with Crippen LogP contribution in [0.5, 0.6) is 0 Å². The first-order chi connectivity index (χ1) is 10.5. The summed E-state index contributed by atoms with van der Waals surface area (Å²) in [6, 6.07) is 8.63. The standard InChI is InChI=1S/C18H17FO2S/c1-12(2)17(20)21-18(16-6-4-10-22-16)9-3-5-13-11-14(19)7-8-15(13)18/h4,6-8,10-11H,1,3,5,9H2,2H3. The predicted octanol–water partition coefficient (Wildman–Crippen LogP) is 4.59. The van der Waals surface area contributed by atoms with Gasteiger partial charge in [-0.3, -0.25) is 0 Å². The van der Waals surface area contributed by atoms with Gasteiger partial charge in [0, 0.05) is 11.1 Å². The second kappa shape index (κ2) is 5.69. The summed E-state index contributed by atoms with van der Waals surface area (Å²) in [5.41, 5.74) is 1.34. The van der Waals surface area contributed by atoms with Crippen molar-refractivity contribution in [1.29, 1.82) is 0 Å². The minimum Gasteiger partial charge on any atom is -0.445 e. The van der Waals surface area contributed by atoms with Crippen LogP contribution in [-0.4, -0.2) is 5.97 Å². The van der Waals surface area contributed by atoms with E-state index in [0.717, 1.165) is 28.8 Å². The van der Waals surface area contributed by atoms with E-state index in [-0.39, 0.29) is 5.82 Å². The van der Waals surface area contributed by atoms with Gasteiger partial charge < -0.3 is 4.74 Å². The van der Waals surface area contributed by atoms with Gasteiger partial charge in [-0.2, -0.15) is 0 Å². The summed E-state index contributed by atoms with van der Waals surface area (Å²) in [4.78, 5) is 13.2. The molecule has 2 aromatic rings. The number of hydrogen-bond donors (Lipinski definition) is 0. The quantitative estimate of drug-likeness (QED) is 0.612. The van der Waals surface area contributed by atoms with Crippen molar-refractivity contribution in [1.82, 2.24) is 0 Å². The van der Waals surface area contributed by atoms with E-state index in [0.29, 0.717) is 12.0 Å². The summed E-state index contributed by atoms with van der Waals surface area (Å²) in [7, 11) is 0. The number of carbonyl (C=O) groups is 1. The zero-order valence-corrected chi connectivity index (χ0v) is 13.2. The number of fused-ring (bicyclic) bond motifs is 1. The van der Waals surface area contributed by atoms with Crippen LogP contribution in [0.4, 0.5) is 4.39 Å². The van der Waals surface area contributed by atoms with Gasteiger partial charge in [0.05, 0.1) is 4.88 Å². The number of halogens is 1. The Bertz CT molecular complexity index is 721. The van der Waals surface area contributed by atoms with E-state index in [4.69, 9.17) is 4.74 Å². The number of aryl methyl sites for hydroxylation is 1. The number of rotatable bonds is 3. The van der Waals surface area contributed by atoms with Crippen molar-refractivity contribution >= 4 is 17.3 Å². The van der Waals surface area contributed by atoms with E-state index in [1.54, 1.807) is 30.4 Å². The molecule has 0 radical (unpaired) electrons. The average Bonchev–Trinajstić information content (AvgIpc) is 3.01. The minimum atomic E-state index is -0.828. The second-order valence-corrected chi connectivity index (χ2v) is 6.58. The maximum absolute atomic E-state index is 13.6. The molecule has 1 heterocycles. The zero-order chi connectivity index (χ0) is 15.7. The smallest absolute Gasteiger partial charge is 0.334 e. The van der Waals surface area contributed by atoms with E-state index in [1.165, 1.54) is 6.07 Å². The average molecular weight is 316 g/mol. The Kier molecular flexibility index (Phi) is 3.87. The highest BCUT2D eigenvalue weighted by Crippen LogP contribution is 2.46. The Morgan fingerprint density at radius 2 is 2.23 bits per heavy atom. The fraction of sp³-hybridized carbons (Fsp3) is 0.278. The molecule has 2 nitrogen and oxygen atoms in total. The van der Waals surface area contributed by atoms with Gasteiger partial charge in [-0.25, -0.2) is 9.18 Å². The Morgan fingerprint density at radius 1 is 1.41 bits per heavy atom. The van der Waals surface area contributed by atoms with Crippen LogP contribution in [0.25, 0.3) is 0 Å². The van der Waals surface area contributed by atoms with Gasteiger partial charge in [0.25, 0.3) is 0 Å². The molecule has 114 valence electrons. The summed E-state index contributed by atoms with van der Waals surface area (Å²) < 4.78 is 19.5. The summed E-state index contributed by atoms with van der Waals surface area (Å²) in [6.45, 7) is 5.31. The fourth-order valence-electron chi connectivity index (χ4n) is 2.99. The summed E-state index contributed by atoms with van der Waals surface area (Å²) >= 11 is 1.55. The van der Waals surface area contributed by atoms with Crippen LogP contribution in [0.3, 0.4) is 0 Å². The highest BCUT2D eigenvalue weighted by molar-refractivity contribution is 7.10. The lowest BCUT2D eigenvalue weighted by Gasteiger charge is -2.38. The lowest BCUT2D eigenvalue weighted by atomic mass is 9.78. The molecule has 0 bridgehead atoms. The van der Waals surface area contributed by atoms with E-state index < -0.39 is 11.6 Å². The second-order valence-electron chi connectivity index (χ2n) is 5.63. The van der Waals surface area contributed by atoms with E-state index in [9.17, 15) is 9.18 Å². The van der Waals surface area contributed by atoms with Gasteiger partial charge in [0.2, 0.25) is 0 Å². The highest BCUT2D eigenvalue weighted by Gasteiger charge is 2.43. The molecule has 0 amide bonds. The van der Waals surface area contributed by atoms with E-state index >= 15 is 0 Å². The van der Waals surface area contributed by atoms with Crippen LogP contribution >= 0.6 is 11.3 Å². The maximum Gasteiger partial charge on any atom is 0.334 e. The third-order valence-electron chi connectivity index (χ3n) is 4.01. The molecular formula is C18H17FO2S.